The van der Waals surface area contributed by atoms with Gasteiger partial charge in [-0.25, -0.2) is 4.79 Å². The monoisotopic (exact) mass is 317 g/mol. The Morgan fingerprint density at radius 3 is 2.78 bits per heavy atom. The first-order valence-electron chi connectivity index (χ1n) is 8.08. The third-order valence-electron chi connectivity index (χ3n) is 4.44. The van der Waals surface area contributed by atoms with Crippen LogP contribution in [-0.4, -0.2) is 25.9 Å². The summed E-state index contributed by atoms with van der Waals surface area (Å²) in [7, 11) is 0. The highest BCUT2D eigenvalue weighted by Crippen LogP contribution is 2.24. The van der Waals surface area contributed by atoms with Crippen LogP contribution in [-0.2, 0) is 15.0 Å². The lowest BCUT2D eigenvalue weighted by Gasteiger charge is -2.27. The van der Waals surface area contributed by atoms with Gasteiger partial charge in [-0.2, -0.15) is 0 Å². The molecule has 1 aliphatic rings. The van der Waals surface area contributed by atoms with Gasteiger partial charge in [0.25, 0.3) is 0 Å². The summed E-state index contributed by atoms with van der Waals surface area (Å²) in [5, 5.41) is 2.95. The highest BCUT2D eigenvalue weighted by molar-refractivity contribution is 5.69. The first kappa shape index (κ1) is 17.5. The van der Waals surface area contributed by atoms with Gasteiger partial charge < -0.3 is 14.8 Å². The Bertz CT molecular complexity index is 580. The molecule has 126 valence electrons. The van der Waals surface area contributed by atoms with Crippen molar-refractivity contribution in [3.05, 3.63) is 42.0 Å². The van der Waals surface area contributed by atoms with Gasteiger partial charge in [0.2, 0.25) is 0 Å². The predicted molar refractivity (Wildman–Crippen MR) is 92.1 cm³/mol. The van der Waals surface area contributed by atoms with Crippen LogP contribution in [0.25, 0.3) is 5.57 Å². The topological polar surface area (TPSA) is 47.6 Å². The van der Waals surface area contributed by atoms with E-state index in [4.69, 9.17) is 9.47 Å². The molecule has 0 spiro atoms. The SMILES string of the molecule is C=C(C)c1cccc(C(C)(C)NC(=O)OCC2COCC2C)c1. The molecule has 1 aliphatic heterocycles. The van der Waals surface area contributed by atoms with Crippen LogP contribution >= 0.6 is 0 Å². The zero-order valence-electron chi connectivity index (χ0n) is 14.5. The predicted octanol–water partition coefficient (Wildman–Crippen LogP) is 3.96. The molecule has 2 unspecified atom stereocenters. The average Bonchev–Trinajstić information content (AvgIpc) is 2.90. The molecule has 2 rings (SSSR count). The number of alkyl carbamates (subject to hydrolysis) is 1. The van der Waals surface area contributed by atoms with Gasteiger partial charge in [0.15, 0.2) is 0 Å². The number of allylic oxidation sites excluding steroid dienone is 1. The standard InChI is InChI=1S/C19H27NO3/c1-13(2)15-7-6-8-17(9-15)19(4,5)20-18(21)23-12-16-11-22-10-14(16)3/h6-9,14,16H,1,10-12H2,2-5H3,(H,20,21). The summed E-state index contributed by atoms with van der Waals surface area (Å²) in [6.07, 6.45) is -0.394. The van der Waals surface area contributed by atoms with Crippen LogP contribution in [0.5, 0.6) is 0 Å². The molecule has 1 aromatic carbocycles. The molecule has 1 N–H and O–H groups in total. The molecule has 4 heteroatoms. The third kappa shape index (κ3) is 4.58. The van der Waals surface area contributed by atoms with Gasteiger partial charge in [-0.15, -0.1) is 0 Å². The molecule has 0 aromatic heterocycles. The second-order valence-electron chi connectivity index (χ2n) is 6.98. The molecule has 1 aromatic rings. The van der Waals surface area contributed by atoms with E-state index < -0.39 is 11.6 Å². The highest BCUT2D eigenvalue weighted by Gasteiger charge is 2.28. The van der Waals surface area contributed by atoms with Crippen LogP contribution in [0.4, 0.5) is 4.79 Å². The Morgan fingerprint density at radius 1 is 1.43 bits per heavy atom. The molecule has 1 saturated heterocycles. The van der Waals surface area contributed by atoms with Crippen molar-refractivity contribution in [2.75, 3.05) is 19.8 Å². The first-order chi connectivity index (χ1) is 10.8. The fourth-order valence-corrected chi connectivity index (χ4v) is 2.64. The molecule has 1 heterocycles. The lowest BCUT2D eigenvalue weighted by molar-refractivity contribution is 0.106. The maximum atomic E-state index is 12.1. The van der Waals surface area contributed by atoms with E-state index in [1.807, 2.05) is 39.0 Å². The van der Waals surface area contributed by atoms with Crippen molar-refractivity contribution in [1.82, 2.24) is 5.32 Å². The highest BCUT2D eigenvalue weighted by atomic mass is 16.6. The number of rotatable bonds is 5. The molecule has 23 heavy (non-hydrogen) atoms. The first-order valence-corrected chi connectivity index (χ1v) is 8.08. The zero-order chi connectivity index (χ0) is 17.0. The molecular formula is C19H27NO3. The average molecular weight is 317 g/mol. The smallest absolute Gasteiger partial charge is 0.407 e. The number of carbonyl (C=O) groups excluding carboxylic acids is 1. The summed E-state index contributed by atoms with van der Waals surface area (Å²) in [5.74, 6) is 0.721. The number of carbonyl (C=O) groups is 1. The van der Waals surface area contributed by atoms with E-state index >= 15 is 0 Å². The summed E-state index contributed by atoms with van der Waals surface area (Å²) in [5.41, 5.74) is 2.58. The van der Waals surface area contributed by atoms with Gasteiger partial charge in [-0.05, 0) is 43.9 Å². The Hall–Kier alpha value is -1.81. The fraction of sp³-hybridized carbons (Fsp3) is 0.526. The van der Waals surface area contributed by atoms with Gasteiger partial charge in [-0.3, -0.25) is 0 Å². The fourth-order valence-electron chi connectivity index (χ4n) is 2.64. The van der Waals surface area contributed by atoms with Crippen molar-refractivity contribution >= 4 is 11.7 Å². The largest absolute Gasteiger partial charge is 0.449 e. The van der Waals surface area contributed by atoms with E-state index in [2.05, 4.69) is 24.9 Å². The second kappa shape index (κ2) is 7.18. The number of benzene rings is 1. The molecule has 0 bridgehead atoms. The molecule has 2 atom stereocenters. The van der Waals surface area contributed by atoms with Crippen molar-refractivity contribution < 1.29 is 14.3 Å². The number of nitrogens with one attached hydrogen (secondary N) is 1. The summed E-state index contributed by atoms with van der Waals surface area (Å²) in [4.78, 5) is 12.1. The van der Waals surface area contributed by atoms with Crippen LogP contribution in [0.3, 0.4) is 0 Å². The molecule has 0 aliphatic carbocycles. The molecule has 1 amide bonds. The summed E-state index contributed by atoms with van der Waals surface area (Å²) >= 11 is 0. The Morgan fingerprint density at radius 2 is 2.17 bits per heavy atom. The van der Waals surface area contributed by atoms with Crippen molar-refractivity contribution in [2.24, 2.45) is 11.8 Å². The van der Waals surface area contributed by atoms with Crippen LogP contribution in [0.1, 0.15) is 38.8 Å². The minimum Gasteiger partial charge on any atom is -0.449 e. The van der Waals surface area contributed by atoms with Gasteiger partial charge in [0.05, 0.1) is 18.8 Å². The third-order valence-corrected chi connectivity index (χ3v) is 4.44. The minimum absolute atomic E-state index is 0.288. The van der Waals surface area contributed by atoms with E-state index in [-0.39, 0.29) is 5.92 Å². The molecule has 1 fully saturated rings. The van der Waals surface area contributed by atoms with Gasteiger partial charge in [-0.1, -0.05) is 37.3 Å². The maximum absolute atomic E-state index is 12.1. The van der Waals surface area contributed by atoms with Crippen molar-refractivity contribution in [3.63, 3.8) is 0 Å². The van der Waals surface area contributed by atoms with E-state index in [0.29, 0.717) is 19.1 Å². The number of hydrogen-bond donors (Lipinski definition) is 1. The van der Waals surface area contributed by atoms with Crippen LogP contribution < -0.4 is 5.32 Å². The molecule has 0 radical (unpaired) electrons. The Kier molecular flexibility index (Phi) is 5.47. The van der Waals surface area contributed by atoms with E-state index in [1.165, 1.54) is 0 Å². The summed E-state index contributed by atoms with van der Waals surface area (Å²) in [6.45, 7) is 13.8. The zero-order valence-corrected chi connectivity index (χ0v) is 14.5. The van der Waals surface area contributed by atoms with Gasteiger partial charge in [0, 0.05) is 12.5 Å². The number of hydrogen-bond acceptors (Lipinski definition) is 3. The molecular weight excluding hydrogens is 290 g/mol. The van der Waals surface area contributed by atoms with Gasteiger partial charge >= 0.3 is 6.09 Å². The summed E-state index contributed by atoms with van der Waals surface area (Å²) in [6, 6.07) is 8.04. The van der Waals surface area contributed by atoms with Crippen LogP contribution in [0.2, 0.25) is 0 Å². The van der Waals surface area contributed by atoms with Crippen molar-refractivity contribution in [2.45, 2.75) is 33.2 Å². The Labute approximate surface area is 138 Å². The second-order valence-corrected chi connectivity index (χ2v) is 6.98. The summed E-state index contributed by atoms with van der Waals surface area (Å²) < 4.78 is 10.8. The van der Waals surface area contributed by atoms with Crippen LogP contribution in [0, 0.1) is 11.8 Å². The lowest BCUT2D eigenvalue weighted by atomic mass is 9.92. The minimum atomic E-state index is -0.514. The van der Waals surface area contributed by atoms with Crippen LogP contribution in [0.15, 0.2) is 30.8 Å². The Balaban J connectivity index is 1.95. The van der Waals surface area contributed by atoms with E-state index in [0.717, 1.165) is 23.3 Å². The van der Waals surface area contributed by atoms with Crippen molar-refractivity contribution in [3.8, 4) is 0 Å². The molecule has 0 saturated carbocycles. The van der Waals surface area contributed by atoms with Crippen molar-refractivity contribution in [1.29, 1.82) is 0 Å². The molecule has 4 nitrogen and oxygen atoms in total. The quantitative estimate of drug-likeness (QED) is 0.894. The number of amides is 1. The maximum Gasteiger partial charge on any atom is 0.407 e. The van der Waals surface area contributed by atoms with E-state index in [9.17, 15) is 4.79 Å². The normalized spacial score (nSPS) is 21.0. The lowest BCUT2D eigenvalue weighted by Crippen LogP contribution is -2.42. The van der Waals surface area contributed by atoms with Gasteiger partial charge in [0.1, 0.15) is 0 Å². The van der Waals surface area contributed by atoms with E-state index in [1.54, 1.807) is 0 Å². The number of ether oxygens (including phenoxy) is 2.